The van der Waals surface area contributed by atoms with Gasteiger partial charge in [0, 0.05) is 12.1 Å². The van der Waals surface area contributed by atoms with Gasteiger partial charge in [0.15, 0.2) is 0 Å². The van der Waals surface area contributed by atoms with Crippen LogP contribution in [-0.4, -0.2) is 34.1 Å². The highest BCUT2D eigenvalue weighted by Crippen LogP contribution is 2.22. The number of carbonyl (C=O) groups is 2. The molecule has 1 aliphatic carbocycles. The molecule has 0 spiro atoms. The number of nitrogens with zero attached hydrogens (tertiary/aromatic N) is 1. The van der Waals surface area contributed by atoms with Crippen LogP contribution in [0.3, 0.4) is 0 Å². The van der Waals surface area contributed by atoms with Crippen LogP contribution in [0.15, 0.2) is 18.2 Å². The second-order valence-corrected chi connectivity index (χ2v) is 8.84. The van der Waals surface area contributed by atoms with Crippen LogP contribution in [0.2, 0.25) is 0 Å². The lowest BCUT2D eigenvalue weighted by Crippen LogP contribution is -2.32. The number of nitrogens with one attached hydrogen (secondary N) is 3. The summed E-state index contributed by atoms with van der Waals surface area (Å²) in [4.78, 5) is 32.0. The van der Waals surface area contributed by atoms with E-state index in [0.717, 1.165) is 17.6 Å². The maximum atomic E-state index is 12.6. The summed E-state index contributed by atoms with van der Waals surface area (Å²) in [5.41, 5.74) is 1.59. The Morgan fingerprint density at radius 2 is 1.86 bits per heavy atom. The van der Waals surface area contributed by atoms with E-state index >= 15 is 0 Å². The van der Waals surface area contributed by atoms with Crippen LogP contribution < -0.4 is 10.6 Å². The van der Waals surface area contributed by atoms with Crippen molar-refractivity contribution in [2.75, 3.05) is 6.54 Å². The Morgan fingerprint density at radius 3 is 2.55 bits per heavy atom. The Hall–Kier alpha value is -2.57. The van der Waals surface area contributed by atoms with Crippen molar-refractivity contribution >= 4 is 23.0 Å². The van der Waals surface area contributed by atoms with Crippen LogP contribution >= 0.6 is 0 Å². The second-order valence-electron chi connectivity index (χ2n) is 8.84. The zero-order valence-corrected chi connectivity index (χ0v) is 17.6. The fourth-order valence-electron chi connectivity index (χ4n) is 3.66. The lowest BCUT2D eigenvalue weighted by Gasteiger charge is -2.19. The molecule has 0 radical (unpaired) electrons. The number of benzene rings is 1. The van der Waals surface area contributed by atoms with E-state index in [1.165, 1.54) is 38.5 Å². The molecule has 1 fully saturated rings. The molecular weight excluding hydrogens is 368 g/mol. The van der Waals surface area contributed by atoms with E-state index in [9.17, 15) is 9.59 Å². The SMILES string of the molecule is CC(C)(C)OC(=O)NCc1nc2ccc(C(=O)NCC3CCCCCC3)cc2[nH]1. The van der Waals surface area contributed by atoms with Gasteiger partial charge in [0.1, 0.15) is 11.4 Å². The molecule has 2 aromatic rings. The first-order valence-corrected chi connectivity index (χ1v) is 10.5. The summed E-state index contributed by atoms with van der Waals surface area (Å²) >= 11 is 0. The van der Waals surface area contributed by atoms with Crippen molar-refractivity contribution in [1.29, 1.82) is 0 Å². The minimum Gasteiger partial charge on any atom is -0.444 e. The number of imidazole rings is 1. The van der Waals surface area contributed by atoms with Crippen molar-refractivity contribution in [2.24, 2.45) is 5.92 Å². The van der Waals surface area contributed by atoms with Crippen molar-refractivity contribution in [3.8, 4) is 0 Å². The number of ether oxygens (including phenoxy) is 1. The first kappa shape index (κ1) is 21.1. The summed E-state index contributed by atoms with van der Waals surface area (Å²) in [6.45, 7) is 6.42. The highest BCUT2D eigenvalue weighted by atomic mass is 16.6. The lowest BCUT2D eigenvalue weighted by molar-refractivity contribution is 0.0522. The predicted octanol–water partition coefficient (Wildman–Crippen LogP) is 4.29. The van der Waals surface area contributed by atoms with Gasteiger partial charge in [-0.05, 0) is 57.7 Å². The molecule has 0 saturated heterocycles. The molecule has 1 heterocycles. The van der Waals surface area contributed by atoms with Crippen LogP contribution in [-0.2, 0) is 11.3 Å². The zero-order chi connectivity index (χ0) is 20.9. The van der Waals surface area contributed by atoms with Gasteiger partial charge in [0.2, 0.25) is 0 Å². The highest BCUT2D eigenvalue weighted by Gasteiger charge is 2.17. The molecule has 0 bridgehead atoms. The van der Waals surface area contributed by atoms with E-state index in [1.807, 2.05) is 32.9 Å². The maximum absolute atomic E-state index is 12.6. The van der Waals surface area contributed by atoms with E-state index in [1.54, 1.807) is 6.07 Å². The Labute approximate surface area is 172 Å². The highest BCUT2D eigenvalue weighted by molar-refractivity contribution is 5.97. The topological polar surface area (TPSA) is 96.1 Å². The number of H-pyrrole nitrogens is 1. The number of hydrogen-bond donors (Lipinski definition) is 3. The third-order valence-corrected chi connectivity index (χ3v) is 5.12. The predicted molar refractivity (Wildman–Crippen MR) is 113 cm³/mol. The fraction of sp³-hybridized carbons (Fsp3) is 0.591. The number of rotatable bonds is 5. The van der Waals surface area contributed by atoms with Crippen LogP contribution in [0.25, 0.3) is 11.0 Å². The summed E-state index contributed by atoms with van der Waals surface area (Å²) < 4.78 is 5.22. The van der Waals surface area contributed by atoms with Crippen molar-refractivity contribution in [3.63, 3.8) is 0 Å². The molecule has 1 aliphatic rings. The van der Waals surface area contributed by atoms with E-state index in [0.29, 0.717) is 17.3 Å². The third kappa shape index (κ3) is 6.48. The minimum atomic E-state index is -0.545. The molecule has 0 atom stereocenters. The van der Waals surface area contributed by atoms with Gasteiger partial charge in [-0.1, -0.05) is 25.7 Å². The standard InChI is InChI=1S/C22H32N4O3/c1-22(2,3)29-21(28)24-14-19-25-17-11-10-16(12-18(17)26-19)20(27)23-13-15-8-6-4-5-7-9-15/h10-12,15H,4-9,13-14H2,1-3H3,(H,23,27)(H,24,28)(H,25,26). The van der Waals surface area contributed by atoms with E-state index in [4.69, 9.17) is 4.74 Å². The van der Waals surface area contributed by atoms with Crippen LogP contribution in [0.5, 0.6) is 0 Å². The van der Waals surface area contributed by atoms with Crippen molar-refractivity contribution < 1.29 is 14.3 Å². The van der Waals surface area contributed by atoms with Crippen molar-refractivity contribution in [1.82, 2.24) is 20.6 Å². The number of alkyl carbamates (subject to hydrolysis) is 1. The summed E-state index contributed by atoms with van der Waals surface area (Å²) in [6.07, 6.45) is 7.07. The monoisotopic (exact) mass is 400 g/mol. The Balaban J connectivity index is 1.56. The molecule has 3 N–H and O–H groups in total. The lowest BCUT2D eigenvalue weighted by atomic mass is 10.0. The summed E-state index contributed by atoms with van der Waals surface area (Å²) in [6, 6.07) is 5.42. The van der Waals surface area contributed by atoms with Crippen LogP contribution in [0, 0.1) is 5.92 Å². The molecule has 1 aromatic carbocycles. The van der Waals surface area contributed by atoms with Gasteiger partial charge in [-0.15, -0.1) is 0 Å². The van der Waals surface area contributed by atoms with Gasteiger partial charge in [-0.2, -0.15) is 0 Å². The molecule has 29 heavy (non-hydrogen) atoms. The average molecular weight is 401 g/mol. The van der Waals surface area contributed by atoms with Gasteiger partial charge < -0.3 is 20.4 Å². The van der Waals surface area contributed by atoms with Gasteiger partial charge in [-0.3, -0.25) is 4.79 Å². The molecule has 0 unspecified atom stereocenters. The third-order valence-electron chi connectivity index (χ3n) is 5.12. The van der Waals surface area contributed by atoms with Gasteiger partial charge in [0.05, 0.1) is 17.6 Å². The number of aromatic amines is 1. The smallest absolute Gasteiger partial charge is 0.408 e. The number of hydrogen-bond acceptors (Lipinski definition) is 4. The number of aromatic nitrogens is 2. The second kappa shape index (κ2) is 9.29. The van der Waals surface area contributed by atoms with Gasteiger partial charge in [-0.25, -0.2) is 9.78 Å². The molecular formula is C22H32N4O3. The molecule has 2 amide bonds. The van der Waals surface area contributed by atoms with Crippen molar-refractivity contribution in [3.05, 3.63) is 29.6 Å². The van der Waals surface area contributed by atoms with Gasteiger partial charge >= 0.3 is 6.09 Å². The van der Waals surface area contributed by atoms with Crippen molar-refractivity contribution in [2.45, 2.75) is 71.4 Å². The van der Waals surface area contributed by atoms with E-state index in [-0.39, 0.29) is 12.5 Å². The fourth-order valence-corrected chi connectivity index (χ4v) is 3.66. The first-order valence-electron chi connectivity index (χ1n) is 10.5. The zero-order valence-electron chi connectivity index (χ0n) is 17.6. The average Bonchev–Trinajstić information content (AvgIpc) is 2.88. The summed E-state index contributed by atoms with van der Waals surface area (Å²) in [5.74, 6) is 1.14. The normalized spacial score (nSPS) is 15.7. The molecule has 7 heteroatoms. The number of fused-ring (bicyclic) bond motifs is 1. The molecule has 7 nitrogen and oxygen atoms in total. The van der Waals surface area contributed by atoms with E-state index < -0.39 is 11.7 Å². The molecule has 3 rings (SSSR count). The molecule has 0 aliphatic heterocycles. The Morgan fingerprint density at radius 1 is 1.14 bits per heavy atom. The van der Waals surface area contributed by atoms with Crippen LogP contribution in [0.1, 0.15) is 75.5 Å². The van der Waals surface area contributed by atoms with Crippen LogP contribution in [0.4, 0.5) is 4.79 Å². The first-order chi connectivity index (χ1) is 13.8. The summed E-state index contributed by atoms with van der Waals surface area (Å²) in [5, 5.41) is 5.76. The quantitative estimate of drug-likeness (QED) is 0.653. The molecule has 1 saturated carbocycles. The number of carbonyl (C=O) groups excluding carboxylic acids is 2. The largest absolute Gasteiger partial charge is 0.444 e. The number of amides is 2. The Bertz CT molecular complexity index is 845. The van der Waals surface area contributed by atoms with Gasteiger partial charge in [0.25, 0.3) is 5.91 Å². The molecule has 1 aromatic heterocycles. The summed E-state index contributed by atoms with van der Waals surface area (Å²) in [7, 11) is 0. The Kier molecular flexibility index (Phi) is 6.77. The minimum absolute atomic E-state index is 0.0563. The maximum Gasteiger partial charge on any atom is 0.408 e. The molecule has 158 valence electrons. The van der Waals surface area contributed by atoms with E-state index in [2.05, 4.69) is 20.6 Å².